The number of thiazole rings is 1. The van der Waals surface area contributed by atoms with Crippen LogP contribution in [0.25, 0.3) is 5.13 Å². The Labute approximate surface area is 143 Å². The van der Waals surface area contributed by atoms with Crippen LogP contribution in [0, 0.1) is 13.8 Å². The molecule has 0 fully saturated rings. The molecule has 1 atom stereocenters. The third-order valence-corrected chi connectivity index (χ3v) is 4.17. The molecule has 0 aliphatic rings. The second kappa shape index (κ2) is 7.89. The highest BCUT2D eigenvalue weighted by Gasteiger charge is 2.24. The van der Waals surface area contributed by atoms with Gasteiger partial charge in [0.2, 0.25) is 0 Å². The maximum absolute atomic E-state index is 12.5. The molecule has 0 radical (unpaired) electrons. The van der Waals surface area contributed by atoms with E-state index in [1.165, 1.54) is 17.4 Å². The molecule has 24 heavy (non-hydrogen) atoms. The van der Waals surface area contributed by atoms with Crippen molar-refractivity contribution in [3.05, 3.63) is 47.2 Å². The van der Waals surface area contributed by atoms with Gasteiger partial charge in [-0.1, -0.05) is 6.08 Å². The molecule has 7 nitrogen and oxygen atoms in total. The normalized spacial score (nSPS) is 11.9. The van der Waals surface area contributed by atoms with Gasteiger partial charge in [-0.2, -0.15) is 0 Å². The number of aliphatic carboxylic acids is 1. The zero-order chi connectivity index (χ0) is 17.7. The minimum atomic E-state index is -1.15. The summed E-state index contributed by atoms with van der Waals surface area (Å²) in [5.74, 6) is -1.61. The number of hydrogen-bond donors (Lipinski definition) is 2. The average Bonchev–Trinajstić information content (AvgIpc) is 3.14. The van der Waals surface area contributed by atoms with Crippen LogP contribution in [0.3, 0.4) is 0 Å². The quantitative estimate of drug-likeness (QED) is 0.561. The van der Waals surface area contributed by atoms with Crippen molar-refractivity contribution in [3.63, 3.8) is 0 Å². The molecule has 2 aromatic rings. The molecule has 2 N–H and O–H groups in total. The number of ether oxygens (including phenoxy) is 1. The Balaban J connectivity index is 2.19. The third kappa shape index (κ3) is 3.90. The van der Waals surface area contributed by atoms with Crippen molar-refractivity contribution >= 4 is 23.2 Å². The summed E-state index contributed by atoms with van der Waals surface area (Å²) in [4.78, 5) is 28.0. The summed E-state index contributed by atoms with van der Waals surface area (Å²) >= 11 is 1.46. The summed E-state index contributed by atoms with van der Waals surface area (Å²) in [6.07, 6.45) is 3.21. The lowest BCUT2D eigenvalue weighted by Gasteiger charge is -2.14. The Bertz CT molecular complexity index is 737. The maximum atomic E-state index is 12.5. The van der Waals surface area contributed by atoms with Crippen molar-refractivity contribution < 1.29 is 19.4 Å². The number of carboxylic acid groups (broad SMARTS) is 1. The number of amides is 1. The van der Waals surface area contributed by atoms with Crippen LogP contribution in [0.4, 0.5) is 0 Å². The maximum Gasteiger partial charge on any atom is 0.328 e. The Hall–Kier alpha value is -2.45. The smallest absolute Gasteiger partial charge is 0.328 e. The van der Waals surface area contributed by atoms with E-state index >= 15 is 0 Å². The molecular formula is C16H19N3O4S. The SMILES string of the molecule is C=CCOCC(NC(=O)c1cc(C)n(-c2nccs2)c1C)C(=O)O. The first kappa shape index (κ1) is 17.9. The van der Waals surface area contributed by atoms with Crippen LogP contribution in [0.5, 0.6) is 0 Å². The topological polar surface area (TPSA) is 93.5 Å². The zero-order valence-corrected chi connectivity index (χ0v) is 14.3. The summed E-state index contributed by atoms with van der Waals surface area (Å²) in [5, 5.41) is 14.3. The predicted molar refractivity (Wildman–Crippen MR) is 90.8 cm³/mol. The molecule has 0 saturated carbocycles. The van der Waals surface area contributed by atoms with Gasteiger partial charge < -0.3 is 15.2 Å². The van der Waals surface area contributed by atoms with Gasteiger partial charge in [-0.3, -0.25) is 9.36 Å². The van der Waals surface area contributed by atoms with Gasteiger partial charge in [0, 0.05) is 23.0 Å². The largest absolute Gasteiger partial charge is 0.480 e. The molecule has 0 aliphatic carbocycles. The number of carbonyl (C=O) groups is 2. The van der Waals surface area contributed by atoms with Crippen LogP contribution < -0.4 is 5.32 Å². The van der Waals surface area contributed by atoms with E-state index in [0.29, 0.717) is 11.3 Å². The molecule has 1 amide bonds. The number of aromatic nitrogens is 2. The molecule has 0 saturated heterocycles. The van der Waals surface area contributed by atoms with E-state index in [0.717, 1.165) is 10.8 Å². The van der Waals surface area contributed by atoms with Crippen LogP contribution in [0.1, 0.15) is 21.7 Å². The van der Waals surface area contributed by atoms with Crippen molar-refractivity contribution in [3.8, 4) is 5.13 Å². The van der Waals surface area contributed by atoms with Gasteiger partial charge in [0.25, 0.3) is 5.91 Å². The van der Waals surface area contributed by atoms with Crippen LogP contribution >= 0.6 is 11.3 Å². The number of nitrogens with one attached hydrogen (secondary N) is 1. The Morgan fingerprint density at radius 1 is 1.54 bits per heavy atom. The number of carboxylic acids is 1. The highest BCUT2D eigenvalue weighted by molar-refractivity contribution is 7.12. The van der Waals surface area contributed by atoms with Crippen molar-refractivity contribution in [1.29, 1.82) is 0 Å². The lowest BCUT2D eigenvalue weighted by molar-refractivity contribution is -0.140. The minimum Gasteiger partial charge on any atom is -0.480 e. The molecule has 0 aromatic carbocycles. The van der Waals surface area contributed by atoms with Gasteiger partial charge in [0.1, 0.15) is 0 Å². The number of nitrogens with zero attached hydrogens (tertiary/aromatic N) is 2. The van der Waals surface area contributed by atoms with E-state index in [1.807, 2.05) is 16.9 Å². The number of hydrogen-bond acceptors (Lipinski definition) is 5. The summed E-state index contributed by atoms with van der Waals surface area (Å²) < 4.78 is 7.00. The fraction of sp³-hybridized carbons (Fsp3) is 0.312. The molecule has 1 unspecified atom stereocenters. The first-order valence-electron chi connectivity index (χ1n) is 7.26. The minimum absolute atomic E-state index is 0.127. The molecule has 0 bridgehead atoms. The van der Waals surface area contributed by atoms with Gasteiger partial charge in [-0.25, -0.2) is 9.78 Å². The highest BCUT2D eigenvalue weighted by Crippen LogP contribution is 2.22. The van der Waals surface area contributed by atoms with Crippen LogP contribution in [-0.4, -0.2) is 45.8 Å². The average molecular weight is 349 g/mol. The van der Waals surface area contributed by atoms with E-state index in [2.05, 4.69) is 16.9 Å². The summed E-state index contributed by atoms with van der Waals surface area (Å²) in [7, 11) is 0. The molecule has 0 spiro atoms. The van der Waals surface area contributed by atoms with E-state index in [4.69, 9.17) is 4.74 Å². The van der Waals surface area contributed by atoms with Gasteiger partial charge in [-0.05, 0) is 19.9 Å². The molecule has 2 rings (SSSR count). The van der Waals surface area contributed by atoms with Gasteiger partial charge >= 0.3 is 5.97 Å². The lowest BCUT2D eigenvalue weighted by atomic mass is 10.2. The van der Waals surface area contributed by atoms with E-state index < -0.39 is 17.9 Å². The predicted octanol–water partition coefficient (Wildman–Crippen LogP) is 1.94. The second-order valence-corrected chi connectivity index (χ2v) is 6.00. The van der Waals surface area contributed by atoms with Gasteiger partial charge in [-0.15, -0.1) is 17.9 Å². The summed E-state index contributed by atoms with van der Waals surface area (Å²) in [5.41, 5.74) is 1.97. The molecule has 128 valence electrons. The summed E-state index contributed by atoms with van der Waals surface area (Å²) in [6, 6.07) is 0.593. The standard InChI is InChI=1S/C16H19N3O4S/c1-4-6-23-9-13(15(21)22)18-14(20)12-8-10(2)19(11(12)3)16-17-5-7-24-16/h4-5,7-8,13H,1,6,9H2,2-3H3,(H,18,20)(H,21,22). The first-order valence-corrected chi connectivity index (χ1v) is 8.14. The number of carbonyl (C=O) groups excluding carboxylic acids is 1. The van der Waals surface area contributed by atoms with E-state index in [1.54, 1.807) is 19.2 Å². The molecule has 2 heterocycles. The number of aryl methyl sites for hydroxylation is 1. The van der Waals surface area contributed by atoms with Crippen LogP contribution in [0.15, 0.2) is 30.3 Å². The second-order valence-electron chi connectivity index (χ2n) is 5.13. The van der Waals surface area contributed by atoms with Gasteiger partial charge in [0.05, 0.1) is 18.8 Å². The van der Waals surface area contributed by atoms with Crippen LogP contribution in [-0.2, 0) is 9.53 Å². The molecule has 2 aromatic heterocycles. The van der Waals surface area contributed by atoms with E-state index in [-0.39, 0.29) is 13.2 Å². The molecule has 0 aliphatic heterocycles. The monoisotopic (exact) mass is 349 g/mol. The lowest BCUT2D eigenvalue weighted by Crippen LogP contribution is -2.44. The highest BCUT2D eigenvalue weighted by atomic mass is 32.1. The fourth-order valence-electron chi connectivity index (χ4n) is 2.29. The van der Waals surface area contributed by atoms with Gasteiger partial charge in [0.15, 0.2) is 11.2 Å². The fourth-order valence-corrected chi connectivity index (χ4v) is 3.04. The zero-order valence-electron chi connectivity index (χ0n) is 13.5. The van der Waals surface area contributed by atoms with Crippen molar-refractivity contribution in [2.75, 3.05) is 13.2 Å². The Kier molecular flexibility index (Phi) is 5.88. The molecule has 8 heteroatoms. The van der Waals surface area contributed by atoms with Crippen molar-refractivity contribution in [1.82, 2.24) is 14.9 Å². The first-order chi connectivity index (χ1) is 11.5. The van der Waals surface area contributed by atoms with E-state index in [9.17, 15) is 14.7 Å². The Morgan fingerprint density at radius 3 is 2.88 bits per heavy atom. The number of rotatable bonds is 8. The van der Waals surface area contributed by atoms with Crippen molar-refractivity contribution in [2.45, 2.75) is 19.9 Å². The van der Waals surface area contributed by atoms with Crippen LogP contribution in [0.2, 0.25) is 0 Å². The third-order valence-electron chi connectivity index (χ3n) is 3.41. The summed E-state index contributed by atoms with van der Waals surface area (Å²) in [6.45, 7) is 7.25. The van der Waals surface area contributed by atoms with Crippen molar-refractivity contribution in [2.24, 2.45) is 0 Å². The molecular weight excluding hydrogens is 330 g/mol. The Morgan fingerprint density at radius 2 is 2.29 bits per heavy atom.